The van der Waals surface area contributed by atoms with Gasteiger partial charge in [-0.3, -0.25) is 14.5 Å². The maximum Gasteiger partial charge on any atom is 0.234 e. The molecule has 0 aromatic heterocycles. The molecule has 2 heterocycles. The third-order valence-corrected chi connectivity index (χ3v) is 4.70. The Balaban J connectivity index is 1.76. The molecule has 0 aromatic rings. The van der Waals surface area contributed by atoms with Gasteiger partial charge in [0.25, 0.3) is 0 Å². The first-order valence-corrected chi connectivity index (χ1v) is 8.60. The van der Waals surface area contributed by atoms with Crippen LogP contribution in [0.2, 0.25) is 0 Å². The first-order chi connectivity index (χ1) is 9.56. The van der Waals surface area contributed by atoms with Crippen molar-refractivity contribution in [2.75, 3.05) is 44.2 Å². The van der Waals surface area contributed by atoms with Crippen molar-refractivity contribution < 1.29 is 9.59 Å². The van der Waals surface area contributed by atoms with Gasteiger partial charge >= 0.3 is 0 Å². The van der Waals surface area contributed by atoms with Crippen molar-refractivity contribution in [3.05, 3.63) is 0 Å². The molecule has 0 spiro atoms. The Morgan fingerprint density at radius 2 is 1.95 bits per heavy atom. The molecule has 1 unspecified atom stereocenters. The van der Waals surface area contributed by atoms with Gasteiger partial charge in [-0.1, -0.05) is 0 Å². The summed E-state index contributed by atoms with van der Waals surface area (Å²) in [4.78, 5) is 28.2. The van der Waals surface area contributed by atoms with Gasteiger partial charge in [-0.2, -0.15) is 11.8 Å². The highest BCUT2D eigenvalue weighted by Gasteiger charge is 2.32. The number of hydrogen-bond acceptors (Lipinski definition) is 4. The topological polar surface area (TPSA) is 52.7 Å². The Kier molecular flexibility index (Phi) is 5.72. The quantitative estimate of drug-likeness (QED) is 0.817. The second-order valence-electron chi connectivity index (χ2n) is 5.88. The average molecular weight is 299 g/mol. The van der Waals surface area contributed by atoms with Crippen LogP contribution in [-0.4, -0.2) is 71.9 Å². The highest BCUT2D eigenvalue weighted by Crippen LogP contribution is 2.20. The third kappa shape index (κ3) is 4.38. The predicted octanol–water partition coefficient (Wildman–Crippen LogP) is 0.408. The van der Waals surface area contributed by atoms with Crippen molar-refractivity contribution in [3.8, 4) is 0 Å². The Hall–Kier alpha value is -0.750. The van der Waals surface area contributed by atoms with Gasteiger partial charge in [-0.15, -0.1) is 0 Å². The van der Waals surface area contributed by atoms with E-state index in [0.717, 1.165) is 44.1 Å². The summed E-state index contributed by atoms with van der Waals surface area (Å²) in [5.41, 5.74) is 0. The number of carbonyl (C=O) groups is 2. The van der Waals surface area contributed by atoms with Crippen molar-refractivity contribution in [3.63, 3.8) is 0 Å². The molecule has 0 aromatic carbocycles. The number of nitrogens with one attached hydrogen (secondary N) is 1. The summed E-state index contributed by atoms with van der Waals surface area (Å²) in [6.07, 6.45) is 0.886. The zero-order valence-corrected chi connectivity index (χ0v) is 13.2. The first-order valence-electron chi connectivity index (χ1n) is 7.44. The minimum absolute atomic E-state index is 0.0578. The summed E-state index contributed by atoms with van der Waals surface area (Å²) in [5.74, 6) is 2.54. The fourth-order valence-electron chi connectivity index (χ4n) is 2.79. The molecule has 2 aliphatic heterocycles. The van der Waals surface area contributed by atoms with Crippen molar-refractivity contribution in [1.82, 2.24) is 15.1 Å². The van der Waals surface area contributed by atoms with Crippen molar-refractivity contribution in [2.45, 2.75) is 26.3 Å². The van der Waals surface area contributed by atoms with Crippen LogP contribution in [0.3, 0.4) is 0 Å². The lowest BCUT2D eigenvalue weighted by Crippen LogP contribution is -2.43. The van der Waals surface area contributed by atoms with Gasteiger partial charge in [0.05, 0.1) is 12.5 Å². The highest BCUT2D eigenvalue weighted by molar-refractivity contribution is 7.99. The summed E-state index contributed by atoms with van der Waals surface area (Å²) in [5, 5.41) is 2.90. The van der Waals surface area contributed by atoms with Gasteiger partial charge < -0.3 is 10.2 Å². The molecule has 2 rings (SSSR count). The maximum absolute atomic E-state index is 12.4. The summed E-state index contributed by atoms with van der Waals surface area (Å²) < 4.78 is 0. The van der Waals surface area contributed by atoms with Crippen LogP contribution in [0.25, 0.3) is 0 Å². The largest absolute Gasteiger partial charge is 0.353 e. The number of nitrogens with zero attached hydrogens (tertiary/aromatic N) is 2. The van der Waals surface area contributed by atoms with E-state index in [1.807, 2.05) is 30.5 Å². The monoisotopic (exact) mass is 299 g/mol. The van der Waals surface area contributed by atoms with Gasteiger partial charge in [0.1, 0.15) is 0 Å². The smallest absolute Gasteiger partial charge is 0.234 e. The molecule has 114 valence electrons. The number of amides is 2. The Morgan fingerprint density at radius 3 is 2.60 bits per heavy atom. The minimum Gasteiger partial charge on any atom is -0.353 e. The summed E-state index contributed by atoms with van der Waals surface area (Å²) in [7, 11) is 0. The minimum atomic E-state index is 0.0578. The van der Waals surface area contributed by atoms with E-state index in [2.05, 4.69) is 10.2 Å². The number of thioether (sulfide) groups is 1. The van der Waals surface area contributed by atoms with Crippen molar-refractivity contribution >= 4 is 23.6 Å². The fraction of sp³-hybridized carbons (Fsp3) is 0.857. The molecule has 0 radical (unpaired) electrons. The van der Waals surface area contributed by atoms with Crippen LogP contribution in [0.5, 0.6) is 0 Å². The van der Waals surface area contributed by atoms with Crippen LogP contribution in [-0.2, 0) is 9.59 Å². The van der Waals surface area contributed by atoms with Gasteiger partial charge in [-0.05, 0) is 26.8 Å². The third-order valence-electron chi connectivity index (χ3n) is 3.76. The van der Waals surface area contributed by atoms with Crippen LogP contribution in [0.15, 0.2) is 0 Å². The summed E-state index contributed by atoms with van der Waals surface area (Å²) >= 11 is 1.92. The van der Waals surface area contributed by atoms with Gasteiger partial charge in [0, 0.05) is 37.2 Å². The molecule has 5 nitrogen and oxygen atoms in total. The molecule has 0 aliphatic carbocycles. The molecule has 2 aliphatic rings. The number of carbonyl (C=O) groups excluding carboxylic acids is 2. The first kappa shape index (κ1) is 15.6. The van der Waals surface area contributed by atoms with Crippen LogP contribution in [0.1, 0.15) is 20.3 Å². The predicted molar refractivity (Wildman–Crippen MR) is 81.7 cm³/mol. The van der Waals surface area contributed by atoms with Crippen LogP contribution < -0.4 is 5.32 Å². The molecule has 2 fully saturated rings. The zero-order chi connectivity index (χ0) is 14.5. The number of hydrogen-bond donors (Lipinski definition) is 1. The molecule has 1 atom stereocenters. The van der Waals surface area contributed by atoms with Crippen LogP contribution >= 0.6 is 11.8 Å². The van der Waals surface area contributed by atoms with E-state index in [-0.39, 0.29) is 23.8 Å². The van der Waals surface area contributed by atoms with E-state index in [4.69, 9.17) is 0 Å². The SMILES string of the molecule is CC(C)NC(=O)CN1CCC(C(=O)N2CCSCC2)C1. The number of likely N-dealkylation sites (tertiary alicyclic amines) is 1. The molecule has 20 heavy (non-hydrogen) atoms. The lowest BCUT2D eigenvalue weighted by atomic mass is 10.1. The summed E-state index contributed by atoms with van der Waals surface area (Å²) in [6.45, 7) is 7.68. The summed E-state index contributed by atoms with van der Waals surface area (Å²) in [6, 6.07) is 0.174. The molecule has 0 saturated carbocycles. The van der Waals surface area contributed by atoms with E-state index in [1.165, 1.54) is 0 Å². The van der Waals surface area contributed by atoms with Gasteiger partial charge in [0.2, 0.25) is 11.8 Å². The van der Waals surface area contributed by atoms with Crippen LogP contribution in [0.4, 0.5) is 0 Å². The van der Waals surface area contributed by atoms with Crippen molar-refractivity contribution in [1.29, 1.82) is 0 Å². The van der Waals surface area contributed by atoms with Gasteiger partial charge in [-0.25, -0.2) is 0 Å². The molecular weight excluding hydrogens is 274 g/mol. The van der Waals surface area contributed by atoms with Gasteiger partial charge in [0.15, 0.2) is 0 Å². The lowest BCUT2D eigenvalue weighted by Gasteiger charge is -2.29. The van der Waals surface area contributed by atoms with E-state index >= 15 is 0 Å². The standard InChI is InChI=1S/C14H25N3O2S/c1-11(2)15-13(18)10-16-4-3-12(9-16)14(19)17-5-7-20-8-6-17/h11-12H,3-10H2,1-2H3,(H,15,18). The molecule has 2 amide bonds. The fourth-order valence-corrected chi connectivity index (χ4v) is 3.69. The Labute approximate surface area is 125 Å². The molecule has 2 saturated heterocycles. The van der Waals surface area contributed by atoms with E-state index in [0.29, 0.717) is 6.54 Å². The van der Waals surface area contributed by atoms with E-state index in [1.54, 1.807) is 0 Å². The van der Waals surface area contributed by atoms with E-state index < -0.39 is 0 Å². The Morgan fingerprint density at radius 1 is 1.25 bits per heavy atom. The lowest BCUT2D eigenvalue weighted by molar-refractivity contribution is -0.135. The second-order valence-corrected chi connectivity index (χ2v) is 7.11. The highest BCUT2D eigenvalue weighted by atomic mass is 32.2. The zero-order valence-electron chi connectivity index (χ0n) is 12.4. The molecule has 1 N–H and O–H groups in total. The second kappa shape index (κ2) is 7.31. The van der Waals surface area contributed by atoms with Crippen LogP contribution in [0, 0.1) is 5.92 Å². The average Bonchev–Trinajstić information content (AvgIpc) is 2.86. The molecular formula is C14H25N3O2S. The Bertz CT molecular complexity index is 356. The maximum atomic E-state index is 12.4. The van der Waals surface area contributed by atoms with E-state index in [9.17, 15) is 9.59 Å². The normalized spacial score (nSPS) is 24.1. The number of rotatable bonds is 4. The molecule has 0 bridgehead atoms. The van der Waals surface area contributed by atoms with Crippen molar-refractivity contribution in [2.24, 2.45) is 5.92 Å². The molecule has 6 heteroatoms.